The van der Waals surface area contributed by atoms with E-state index >= 15 is 0 Å². The van der Waals surface area contributed by atoms with Crippen molar-refractivity contribution in [1.29, 1.82) is 0 Å². The highest BCUT2D eigenvalue weighted by atomic mass is 16.3. The molecule has 0 heterocycles. The zero-order valence-corrected chi connectivity index (χ0v) is 10.7. The highest BCUT2D eigenvalue weighted by Crippen LogP contribution is 2.50. The van der Waals surface area contributed by atoms with Gasteiger partial charge in [-0.15, -0.1) is 0 Å². The number of carbonyl (C=O) groups excluding carboxylic acids is 1. The smallest absolute Gasteiger partial charge is 0.135 e. The third kappa shape index (κ3) is 1.81. The van der Waals surface area contributed by atoms with Gasteiger partial charge < -0.3 is 5.11 Å². The number of aliphatic hydroxyl groups is 1. The fraction of sp³-hybridized carbons (Fsp3) is 0.929. The van der Waals surface area contributed by atoms with Gasteiger partial charge in [-0.2, -0.15) is 0 Å². The first-order chi connectivity index (χ1) is 7.45. The average molecular weight is 224 g/mol. The Kier molecular flexibility index (Phi) is 3.13. The molecule has 2 saturated carbocycles. The molecule has 2 heteroatoms. The molecule has 0 bridgehead atoms. The van der Waals surface area contributed by atoms with E-state index < -0.39 is 5.60 Å². The van der Waals surface area contributed by atoms with E-state index in [2.05, 4.69) is 20.8 Å². The fourth-order valence-electron chi connectivity index (χ4n) is 4.09. The van der Waals surface area contributed by atoms with Crippen LogP contribution in [0.3, 0.4) is 0 Å². The molecule has 92 valence electrons. The first kappa shape index (κ1) is 12.1. The van der Waals surface area contributed by atoms with Crippen LogP contribution in [0, 0.1) is 23.7 Å². The molecule has 0 aromatic carbocycles. The summed E-state index contributed by atoms with van der Waals surface area (Å²) in [6, 6.07) is 0. The highest BCUT2D eigenvalue weighted by Gasteiger charge is 2.52. The van der Waals surface area contributed by atoms with Crippen LogP contribution in [0.5, 0.6) is 0 Å². The lowest BCUT2D eigenvalue weighted by atomic mass is 9.56. The summed E-state index contributed by atoms with van der Waals surface area (Å²) >= 11 is 0. The minimum Gasteiger partial charge on any atom is -0.389 e. The average Bonchev–Trinajstić information content (AvgIpc) is 2.15. The molecule has 0 spiro atoms. The summed E-state index contributed by atoms with van der Waals surface area (Å²) in [5.41, 5.74) is -0.693. The molecule has 0 aromatic rings. The predicted molar refractivity (Wildman–Crippen MR) is 64.0 cm³/mol. The van der Waals surface area contributed by atoms with E-state index in [1.165, 1.54) is 6.42 Å². The third-order valence-corrected chi connectivity index (χ3v) is 4.92. The van der Waals surface area contributed by atoms with Crippen LogP contribution in [0.4, 0.5) is 0 Å². The van der Waals surface area contributed by atoms with Gasteiger partial charge in [-0.05, 0) is 42.9 Å². The van der Waals surface area contributed by atoms with Gasteiger partial charge in [-0.1, -0.05) is 20.8 Å². The van der Waals surface area contributed by atoms with E-state index in [1.54, 1.807) is 0 Å². The molecule has 16 heavy (non-hydrogen) atoms. The molecule has 4 atom stereocenters. The summed E-state index contributed by atoms with van der Waals surface area (Å²) < 4.78 is 0. The molecule has 0 unspecified atom stereocenters. The van der Waals surface area contributed by atoms with Crippen molar-refractivity contribution >= 4 is 5.78 Å². The molecular formula is C14H24O2. The van der Waals surface area contributed by atoms with Crippen LogP contribution in [0.1, 0.15) is 52.9 Å². The number of hydrogen-bond acceptors (Lipinski definition) is 2. The van der Waals surface area contributed by atoms with Crippen LogP contribution in [0.2, 0.25) is 0 Å². The summed E-state index contributed by atoms with van der Waals surface area (Å²) in [6.07, 6.45) is 4.29. The first-order valence-corrected chi connectivity index (χ1v) is 6.69. The zero-order valence-electron chi connectivity index (χ0n) is 10.7. The molecule has 0 amide bonds. The Balaban J connectivity index is 2.28. The second-order valence-electron chi connectivity index (χ2n) is 6.26. The van der Waals surface area contributed by atoms with Crippen molar-refractivity contribution in [3.8, 4) is 0 Å². The van der Waals surface area contributed by atoms with Gasteiger partial charge >= 0.3 is 0 Å². The first-order valence-electron chi connectivity index (χ1n) is 6.69. The Bertz CT molecular complexity index is 280. The topological polar surface area (TPSA) is 37.3 Å². The molecular weight excluding hydrogens is 200 g/mol. The number of fused-ring (bicyclic) bond motifs is 1. The van der Waals surface area contributed by atoms with Crippen LogP contribution in [0.15, 0.2) is 0 Å². The number of Topliss-reactive ketones (excluding diaryl/α,β-unsaturated/α-hetero) is 1. The maximum Gasteiger partial charge on any atom is 0.135 e. The number of rotatable bonds is 1. The predicted octanol–water partition coefficient (Wildman–Crippen LogP) is 2.79. The molecule has 0 aromatic heterocycles. The van der Waals surface area contributed by atoms with Gasteiger partial charge in [0.2, 0.25) is 0 Å². The second-order valence-corrected chi connectivity index (χ2v) is 6.26. The summed E-state index contributed by atoms with van der Waals surface area (Å²) in [5.74, 6) is 1.99. The molecule has 2 aliphatic rings. The standard InChI is InChI=1S/C14H24O2/c1-9(2)12-6-4-10(3)13-7-5-11(15)8-14(12,13)16/h9-10,12-13,16H,4-8H2,1-3H3/t10-,12+,13+,14+/m0/s1. The van der Waals surface area contributed by atoms with Gasteiger partial charge in [0.25, 0.3) is 0 Å². The Morgan fingerprint density at radius 1 is 1.31 bits per heavy atom. The third-order valence-electron chi connectivity index (χ3n) is 4.92. The maximum absolute atomic E-state index is 11.6. The van der Waals surface area contributed by atoms with Crippen molar-refractivity contribution < 1.29 is 9.90 Å². The Labute approximate surface area is 98.4 Å². The van der Waals surface area contributed by atoms with Gasteiger partial charge in [0.15, 0.2) is 0 Å². The Morgan fingerprint density at radius 3 is 2.62 bits per heavy atom. The van der Waals surface area contributed by atoms with Gasteiger partial charge in [0.05, 0.1) is 5.60 Å². The highest BCUT2D eigenvalue weighted by molar-refractivity contribution is 5.80. The van der Waals surface area contributed by atoms with Crippen molar-refractivity contribution in [2.24, 2.45) is 23.7 Å². The zero-order chi connectivity index (χ0) is 11.9. The van der Waals surface area contributed by atoms with Crippen molar-refractivity contribution in [3.63, 3.8) is 0 Å². The van der Waals surface area contributed by atoms with Crippen LogP contribution in [0.25, 0.3) is 0 Å². The largest absolute Gasteiger partial charge is 0.389 e. The van der Waals surface area contributed by atoms with Crippen molar-refractivity contribution in [2.45, 2.75) is 58.5 Å². The molecule has 1 N–H and O–H groups in total. The van der Waals surface area contributed by atoms with E-state index in [9.17, 15) is 9.90 Å². The summed E-state index contributed by atoms with van der Waals surface area (Å²) in [7, 11) is 0. The normalized spacial score (nSPS) is 44.6. The van der Waals surface area contributed by atoms with Gasteiger partial charge in [0, 0.05) is 12.8 Å². The monoisotopic (exact) mass is 224 g/mol. The van der Waals surface area contributed by atoms with Crippen LogP contribution >= 0.6 is 0 Å². The molecule has 2 nitrogen and oxygen atoms in total. The Morgan fingerprint density at radius 2 is 2.00 bits per heavy atom. The van der Waals surface area contributed by atoms with E-state index in [-0.39, 0.29) is 5.78 Å². The van der Waals surface area contributed by atoms with Crippen LogP contribution in [-0.2, 0) is 4.79 Å². The lowest BCUT2D eigenvalue weighted by Crippen LogP contribution is -2.56. The lowest BCUT2D eigenvalue weighted by molar-refractivity contribution is -0.162. The van der Waals surface area contributed by atoms with Crippen molar-refractivity contribution in [3.05, 3.63) is 0 Å². The molecule has 0 saturated heterocycles. The number of carbonyl (C=O) groups is 1. The van der Waals surface area contributed by atoms with E-state index in [1.807, 2.05) is 0 Å². The quantitative estimate of drug-likeness (QED) is 0.743. The summed E-state index contributed by atoms with van der Waals surface area (Å²) in [5, 5.41) is 10.9. The minimum absolute atomic E-state index is 0.263. The molecule has 2 rings (SSSR count). The van der Waals surface area contributed by atoms with Gasteiger partial charge in [-0.3, -0.25) is 4.79 Å². The van der Waals surface area contributed by atoms with Crippen molar-refractivity contribution in [2.75, 3.05) is 0 Å². The number of ketones is 1. The Hall–Kier alpha value is -0.370. The SMILES string of the molecule is CC(C)[C@H]1CC[C@H](C)[C@H]2CCC(=O)C[C@@]12O. The molecule has 0 radical (unpaired) electrons. The molecule has 2 fully saturated rings. The summed E-state index contributed by atoms with van der Waals surface area (Å²) in [6.45, 7) is 6.59. The van der Waals surface area contributed by atoms with Crippen molar-refractivity contribution in [1.82, 2.24) is 0 Å². The molecule has 0 aliphatic heterocycles. The van der Waals surface area contributed by atoms with Crippen LogP contribution in [-0.4, -0.2) is 16.5 Å². The fourth-order valence-corrected chi connectivity index (χ4v) is 4.09. The van der Waals surface area contributed by atoms with Gasteiger partial charge in [-0.25, -0.2) is 0 Å². The van der Waals surface area contributed by atoms with E-state index in [0.29, 0.717) is 36.5 Å². The maximum atomic E-state index is 11.6. The molecule has 2 aliphatic carbocycles. The summed E-state index contributed by atoms with van der Waals surface area (Å²) in [4.78, 5) is 11.6. The van der Waals surface area contributed by atoms with Crippen LogP contribution < -0.4 is 0 Å². The minimum atomic E-state index is -0.693. The van der Waals surface area contributed by atoms with E-state index in [4.69, 9.17) is 0 Å². The second kappa shape index (κ2) is 4.14. The van der Waals surface area contributed by atoms with Gasteiger partial charge in [0.1, 0.15) is 5.78 Å². The number of hydrogen-bond donors (Lipinski definition) is 1. The van der Waals surface area contributed by atoms with E-state index in [0.717, 1.165) is 12.8 Å². The lowest BCUT2D eigenvalue weighted by Gasteiger charge is -2.52.